The molecule has 0 aliphatic heterocycles. The number of urea groups is 1. The lowest BCUT2D eigenvalue weighted by Crippen LogP contribution is -2.46. The first-order chi connectivity index (χ1) is 16.0. The Morgan fingerprint density at radius 2 is 1.67 bits per heavy atom. The van der Waals surface area contributed by atoms with Crippen LogP contribution in [0, 0.1) is 12.7 Å². The largest absolute Gasteiger partial charge is 0.334 e. The van der Waals surface area contributed by atoms with Crippen LogP contribution in [0.5, 0.6) is 0 Å². The topological polar surface area (TPSA) is 52.7 Å². The van der Waals surface area contributed by atoms with Crippen molar-refractivity contribution in [3.63, 3.8) is 0 Å². The number of rotatable bonds is 10. The zero-order valence-corrected chi connectivity index (χ0v) is 19.9. The third-order valence-electron chi connectivity index (χ3n) is 5.34. The molecule has 0 saturated carbocycles. The van der Waals surface area contributed by atoms with E-state index in [1.807, 2.05) is 55.6 Å². The fourth-order valence-electron chi connectivity index (χ4n) is 3.45. The van der Waals surface area contributed by atoms with Crippen LogP contribution in [0.25, 0.3) is 0 Å². The lowest BCUT2D eigenvalue weighted by molar-refractivity contribution is -0.133. The summed E-state index contributed by atoms with van der Waals surface area (Å²) >= 11 is 1.60. The van der Waals surface area contributed by atoms with Gasteiger partial charge in [0, 0.05) is 24.5 Å². The van der Waals surface area contributed by atoms with Gasteiger partial charge in [0.1, 0.15) is 12.4 Å². The van der Waals surface area contributed by atoms with E-state index >= 15 is 0 Å². The Bertz CT molecular complexity index is 1040. The predicted octanol–water partition coefficient (Wildman–Crippen LogP) is 5.35. The van der Waals surface area contributed by atoms with Crippen molar-refractivity contribution in [3.8, 4) is 0 Å². The highest BCUT2D eigenvalue weighted by molar-refractivity contribution is 7.10. The van der Waals surface area contributed by atoms with Gasteiger partial charge in [-0.05, 0) is 53.6 Å². The predicted molar refractivity (Wildman–Crippen MR) is 130 cm³/mol. The van der Waals surface area contributed by atoms with Gasteiger partial charge in [-0.25, -0.2) is 9.18 Å². The molecule has 1 heterocycles. The van der Waals surface area contributed by atoms with Gasteiger partial charge in [0.15, 0.2) is 0 Å². The van der Waals surface area contributed by atoms with E-state index in [4.69, 9.17) is 0 Å². The van der Waals surface area contributed by atoms with Gasteiger partial charge in [0.2, 0.25) is 5.91 Å². The summed E-state index contributed by atoms with van der Waals surface area (Å²) in [6.45, 7) is 5.67. The number of benzene rings is 2. The highest BCUT2D eigenvalue weighted by Gasteiger charge is 2.22. The fraction of sp³-hybridized carbons (Fsp3) is 0.308. The van der Waals surface area contributed by atoms with Gasteiger partial charge < -0.3 is 15.1 Å². The molecule has 174 valence electrons. The van der Waals surface area contributed by atoms with Gasteiger partial charge in [-0.3, -0.25) is 4.79 Å². The van der Waals surface area contributed by atoms with Gasteiger partial charge in [-0.1, -0.05) is 49.4 Å². The minimum atomic E-state index is -0.310. The van der Waals surface area contributed by atoms with Crippen molar-refractivity contribution in [3.05, 3.63) is 93.4 Å². The van der Waals surface area contributed by atoms with Crippen LogP contribution >= 0.6 is 11.3 Å². The summed E-state index contributed by atoms with van der Waals surface area (Å²) in [4.78, 5) is 30.6. The van der Waals surface area contributed by atoms with Crippen molar-refractivity contribution in [1.29, 1.82) is 0 Å². The van der Waals surface area contributed by atoms with Crippen molar-refractivity contribution in [2.45, 2.75) is 39.9 Å². The molecular weight excluding hydrogens is 437 g/mol. The standard InChI is InChI=1S/C26H30FN3O2S/c1-3-14-29(26(32)28-16-21-7-5-4-6-8-21)19-25(31)30(18-24-20(2)13-15-33-24)17-22-9-11-23(27)12-10-22/h4-13,15H,3,14,16-19H2,1-2H3,(H,28,32). The molecule has 5 nitrogen and oxygen atoms in total. The lowest BCUT2D eigenvalue weighted by Gasteiger charge is -2.28. The summed E-state index contributed by atoms with van der Waals surface area (Å²) in [7, 11) is 0. The van der Waals surface area contributed by atoms with E-state index in [9.17, 15) is 14.0 Å². The Morgan fingerprint density at radius 1 is 0.939 bits per heavy atom. The van der Waals surface area contributed by atoms with E-state index in [-0.39, 0.29) is 24.3 Å². The Hall–Kier alpha value is -3.19. The Morgan fingerprint density at radius 3 is 2.30 bits per heavy atom. The lowest BCUT2D eigenvalue weighted by atomic mass is 10.2. The number of hydrogen-bond acceptors (Lipinski definition) is 3. The molecular formula is C26H30FN3O2S. The number of carbonyl (C=O) groups excluding carboxylic acids is 2. The maximum atomic E-state index is 13.4. The van der Waals surface area contributed by atoms with Gasteiger partial charge in [0.25, 0.3) is 0 Å². The van der Waals surface area contributed by atoms with Gasteiger partial charge in [-0.2, -0.15) is 0 Å². The van der Waals surface area contributed by atoms with Crippen molar-refractivity contribution in [1.82, 2.24) is 15.1 Å². The molecule has 3 aromatic rings. The number of thiophene rings is 1. The Balaban J connectivity index is 1.70. The zero-order valence-electron chi connectivity index (χ0n) is 19.1. The molecule has 0 fully saturated rings. The van der Waals surface area contributed by atoms with Crippen LogP contribution in [-0.2, 0) is 24.4 Å². The molecule has 1 N–H and O–H groups in total. The number of amides is 3. The van der Waals surface area contributed by atoms with Crippen molar-refractivity contribution < 1.29 is 14.0 Å². The molecule has 33 heavy (non-hydrogen) atoms. The van der Waals surface area contributed by atoms with Crippen LogP contribution < -0.4 is 5.32 Å². The van der Waals surface area contributed by atoms with Crippen molar-refractivity contribution >= 4 is 23.3 Å². The number of hydrogen-bond donors (Lipinski definition) is 1. The first-order valence-corrected chi connectivity index (χ1v) is 12.0. The number of nitrogens with one attached hydrogen (secondary N) is 1. The smallest absolute Gasteiger partial charge is 0.318 e. The monoisotopic (exact) mass is 467 g/mol. The summed E-state index contributed by atoms with van der Waals surface area (Å²) in [5.74, 6) is -0.453. The second-order valence-electron chi connectivity index (χ2n) is 7.97. The van der Waals surface area contributed by atoms with Crippen molar-refractivity contribution in [2.75, 3.05) is 13.1 Å². The number of halogens is 1. The average Bonchev–Trinajstić information content (AvgIpc) is 3.23. The number of aryl methyl sites for hydroxylation is 1. The van der Waals surface area contributed by atoms with Crippen LogP contribution in [0.1, 0.15) is 34.9 Å². The van der Waals surface area contributed by atoms with Crippen molar-refractivity contribution in [2.24, 2.45) is 0 Å². The molecule has 0 spiro atoms. The minimum Gasteiger partial charge on any atom is -0.334 e. The summed E-state index contributed by atoms with van der Waals surface area (Å²) in [6.07, 6.45) is 0.744. The fourth-order valence-corrected chi connectivity index (χ4v) is 4.37. The van der Waals surface area contributed by atoms with Gasteiger partial charge in [-0.15, -0.1) is 11.3 Å². The average molecular weight is 468 g/mol. The maximum Gasteiger partial charge on any atom is 0.318 e. The number of carbonyl (C=O) groups is 2. The van der Waals surface area contributed by atoms with Crippen LogP contribution in [0.15, 0.2) is 66.0 Å². The second-order valence-corrected chi connectivity index (χ2v) is 8.97. The first kappa shape index (κ1) is 24.5. The molecule has 3 rings (SSSR count). The normalized spacial score (nSPS) is 10.6. The van der Waals surface area contributed by atoms with Crippen LogP contribution in [-0.4, -0.2) is 34.8 Å². The SMILES string of the molecule is CCCN(CC(=O)N(Cc1ccc(F)cc1)Cc1sccc1C)C(=O)NCc1ccccc1. The quantitative estimate of drug-likeness (QED) is 0.437. The van der Waals surface area contributed by atoms with E-state index in [1.165, 1.54) is 12.1 Å². The second kappa shape index (κ2) is 12.2. The van der Waals surface area contributed by atoms with E-state index < -0.39 is 0 Å². The molecule has 0 aliphatic rings. The summed E-state index contributed by atoms with van der Waals surface area (Å²) in [5, 5.41) is 4.92. The molecule has 1 aromatic heterocycles. The maximum absolute atomic E-state index is 13.4. The number of nitrogens with zero attached hydrogens (tertiary/aromatic N) is 2. The first-order valence-electron chi connectivity index (χ1n) is 11.1. The molecule has 7 heteroatoms. The molecule has 3 amide bonds. The summed E-state index contributed by atoms with van der Waals surface area (Å²) in [6, 6.07) is 17.6. The highest BCUT2D eigenvalue weighted by atomic mass is 32.1. The van der Waals surface area contributed by atoms with E-state index in [0.717, 1.165) is 28.0 Å². The van der Waals surface area contributed by atoms with Gasteiger partial charge >= 0.3 is 6.03 Å². The molecule has 2 aromatic carbocycles. The molecule has 0 radical (unpaired) electrons. The zero-order chi connectivity index (χ0) is 23.6. The third kappa shape index (κ3) is 7.43. The summed E-state index contributed by atoms with van der Waals surface area (Å²) < 4.78 is 13.4. The summed E-state index contributed by atoms with van der Waals surface area (Å²) in [5.41, 5.74) is 2.97. The van der Waals surface area contributed by atoms with E-state index in [1.54, 1.807) is 33.3 Å². The third-order valence-corrected chi connectivity index (χ3v) is 6.34. The van der Waals surface area contributed by atoms with E-state index in [0.29, 0.717) is 26.2 Å². The minimum absolute atomic E-state index is 0.0138. The van der Waals surface area contributed by atoms with Crippen LogP contribution in [0.2, 0.25) is 0 Å². The molecule has 0 bridgehead atoms. The Labute approximate surface area is 198 Å². The van der Waals surface area contributed by atoms with Gasteiger partial charge in [0.05, 0.1) is 6.54 Å². The van der Waals surface area contributed by atoms with E-state index in [2.05, 4.69) is 5.32 Å². The molecule has 0 unspecified atom stereocenters. The Kier molecular flexibility index (Phi) is 9.01. The highest BCUT2D eigenvalue weighted by Crippen LogP contribution is 2.20. The molecule has 0 atom stereocenters. The van der Waals surface area contributed by atoms with Crippen LogP contribution in [0.4, 0.5) is 9.18 Å². The molecule has 0 saturated heterocycles. The van der Waals surface area contributed by atoms with Crippen LogP contribution in [0.3, 0.4) is 0 Å². The molecule has 0 aliphatic carbocycles.